The number of halogens is 1. The first kappa shape index (κ1) is 15.3. The molecule has 2 rings (SSSR count). The third-order valence-corrected chi connectivity index (χ3v) is 4.81. The molecule has 1 saturated heterocycles. The quantitative estimate of drug-likeness (QED) is 0.597. The number of hydrogen-bond donors (Lipinski definition) is 0. The van der Waals surface area contributed by atoms with Gasteiger partial charge in [-0.1, -0.05) is 0 Å². The van der Waals surface area contributed by atoms with Crippen LogP contribution in [0.25, 0.3) is 6.08 Å². The van der Waals surface area contributed by atoms with E-state index in [9.17, 15) is 14.4 Å². The van der Waals surface area contributed by atoms with Crippen LogP contribution in [0.4, 0.5) is 4.79 Å². The Labute approximate surface area is 132 Å². The lowest BCUT2D eigenvalue weighted by atomic mass is 10.3. The van der Waals surface area contributed by atoms with Crippen molar-refractivity contribution in [3.8, 4) is 0 Å². The molecule has 1 aromatic rings. The summed E-state index contributed by atoms with van der Waals surface area (Å²) in [7, 11) is 0. The van der Waals surface area contributed by atoms with Gasteiger partial charge in [-0.05, 0) is 52.8 Å². The first-order valence-electron chi connectivity index (χ1n) is 5.67. The number of amides is 2. The molecule has 0 aliphatic carbocycles. The highest BCUT2D eigenvalue weighted by atomic mass is 79.9. The van der Waals surface area contributed by atoms with Crippen LogP contribution < -0.4 is 0 Å². The zero-order valence-corrected chi connectivity index (χ0v) is 13.6. The SMILES string of the molecule is CCOC(=O)CN1C(=O)S/C(=C/c2ccc(Br)s2)C1=O. The first-order valence-corrected chi connectivity index (χ1v) is 8.10. The van der Waals surface area contributed by atoms with Gasteiger partial charge in [0, 0.05) is 4.88 Å². The van der Waals surface area contributed by atoms with Gasteiger partial charge < -0.3 is 4.74 Å². The van der Waals surface area contributed by atoms with Crippen LogP contribution in [0.1, 0.15) is 11.8 Å². The molecule has 1 fully saturated rings. The summed E-state index contributed by atoms with van der Waals surface area (Å²) in [5.74, 6) is -1.05. The van der Waals surface area contributed by atoms with Crippen molar-refractivity contribution >= 4 is 62.2 Å². The van der Waals surface area contributed by atoms with Crippen LogP contribution in [0.5, 0.6) is 0 Å². The molecule has 1 aromatic heterocycles. The van der Waals surface area contributed by atoms with Gasteiger partial charge in [0.1, 0.15) is 6.54 Å². The third-order valence-electron chi connectivity index (χ3n) is 2.33. The fraction of sp³-hybridized carbons (Fsp3) is 0.250. The van der Waals surface area contributed by atoms with Crippen LogP contribution in [0.15, 0.2) is 20.8 Å². The number of imide groups is 1. The Bertz CT molecular complexity index is 596. The van der Waals surface area contributed by atoms with Crippen molar-refractivity contribution in [1.82, 2.24) is 4.90 Å². The maximum Gasteiger partial charge on any atom is 0.326 e. The number of hydrogen-bond acceptors (Lipinski definition) is 6. The fourth-order valence-corrected chi connectivity index (χ4v) is 3.78. The molecule has 8 heteroatoms. The van der Waals surface area contributed by atoms with Crippen LogP contribution in [0.2, 0.25) is 0 Å². The number of thiophene rings is 1. The number of carbonyl (C=O) groups is 3. The Balaban J connectivity index is 2.12. The van der Waals surface area contributed by atoms with Crippen molar-refractivity contribution in [3.63, 3.8) is 0 Å². The van der Waals surface area contributed by atoms with Crippen molar-refractivity contribution < 1.29 is 19.1 Å². The molecule has 106 valence electrons. The minimum Gasteiger partial charge on any atom is -0.465 e. The van der Waals surface area contributed by atoms with Crippen molar-refractivity contribution in [2.75, 3.05) is 13.2 Å². The Morgan fingerprint density at radius 1 is 1.45 bits per heavy atom. The van der Waals surface area contributed by atoms with Gasteiger partial charge in [-0.2, -0.15) is 0 Å². The van der Waals surface area contributed by atoms with Crippen molar-refractivity contribution in [3.05, 3.63) is 25.7 Å². The van der Waals surface area contributed by atoms with E-state index in [1.54, 1.807) is 13.0 Å². The normalized spacial score (nSPS) is 17.1. The zero-order chi connectivity index (χ0) is 14.7. The lowest BCUT2D eigenvalue weighted by Crippen LogP contribution is -2.34. The first-order chi connectivity index (χ1) is 9.51. The minimum atomic E-state index is -0.588. The summed E-state index contributed by atoms with van der Waals surface area (Å²) in [5, 5.41) is -0.454. The van der Waals surface area contributed by atoms with E-state index in [2.05, 4.69) is 15.9 Å². The topological polar surface area (TPSA) is 63.7 Å². The highest BCUT2D eigenvalue weighted by Gasteiger charge is 2.36. The predicted molar refractivity (Wildman–Crippen MR) is 81.3 cm³/mol. The van der Waals surface area contributed by atoms with Gasteiger partial charge in [0.25, 0.3) is 11.1 Å². The number of esters is 1. The average molecular weight is 376 g/mol. The molecule has 0 bridgehead atoms. The number of ether oxygens (including phenoxy) is 1. The molecule has 1 aliphatic rings. The lowest BCUT2D eigenvalue weighted by Gasteiger charge is -2.10. The molecular formula is C12H10BrNO4S2. The van der Waals surface area contributed by atoms with Crippen molar-refractivity contribution in [2.45, 2.75) is 6.92 Å². The smallest absolute Gasteiger partial charge is 0.326 e. The monoisotopic (exact) mass is 375 g/mol. The summed E-state index contributed by atoms with van der Waals surface area (Å²) in [6.45, 7) is 1.54. The standard InChI is InChI=1S/C12H10BrNO4S2/c1-2-18-10(15)6-14-11(16)8(20-12(14)17)5-7-3-4-9(13)19-7/h3-5H,2,6H2,1H3/b8-5+. The van der Waals surface area contributed by atoms with E-state index in [1.165, 1.54) is 11.3 Å². The Hall–Kier alpha value is -1.12. The van der Waals surface area contributed by atoms with E-state index in [0.29, 0.717) is 4.91 Å². The van der Waals surface area contributed by atoms with Gasteiger partial charge in [-0.15, -0.1) is 11.3 Å². The Morgan fingerprint density at radius 3 is 2.80 bits per heavy atom. The highest BCUT2D eigenvalue weighted by molar-refractivity contribution is 9.11. The molecule has 0 radical (unpaired) electrons. The molecule has 0 unspecified atom stereocenters. The fourth-order valence-electron chi connectivity index (χ4n) is 1.51. The summed E-state index contributed by atoms with van der Waals surface area (Å²) in [6.07, 6.45) is 1.64. The molecule has 0 spiro atoms. The van der Waals surface area contributed by atoms with Crippen molar-refractivity contribution in [2.24, 2.45) is 0 Å². The van der Waals surface area contributed by atoms with E-state index in [0.717, 1.165) is 25.3 Å². The van der Waals surface area contributed by atoms with Crippen LogP contribution in [0.3, 0.4) is 0 Å². The minimum absolute atomic E-state index is 0.216. The largest absolute Gasteiger partial charge is 0.465 e. The molecule has 2 heterocycles. The maximum absolute atomic E-state index is 12.1. The lowest BCUT2D eigenvalue weighted by molar-refractivity contribution is -0.145. The van der Waals surface area contributed by atoms with Gasteiger partial charge >= 0.3 is 5.97 Å². The average Bonchev–Trinajstić information content (AvgIpc) is 2.89. The van der Waals surface area contributed by atoms with Crippen LogP contribution in [-0.4, -0.2) is 35.2 Å². The van der Waals surface area contributed by atoms with Crippen LogP contribution >= 0.6 is 39.0 Å². The van der Waals surface area contributed by atoms with E-state index in [1.807, 2.05) is 12.1 Å². The van der Waals surface area contributed by atoms with E-state index in [-0.39, 0.29) is 13.2 Å². The molecule has 0 saturated carbocycles. The molecular weight excluding hydrogens is 366 g/mol. The van der Waals surface area contributed by atoms with Gasteiger partial charge in [0.05, 0.1) is 15.3 Å². The summed E-state index contributed by atoms with van der Waals surface area (Å²) in [6, 6.07) is 3.70. The molecule has 0 atom stereocenters. The van der Waals surface area contributed by atoms with Crippen LogP contribution in [-0.2, 0) is 14.3 Å². The molecule has 5 nitrogen and oxygen atoms in total. The van der Waals surface area contributed by atoms with Gasteiger partial charge in [-0.25, -0.2) is 0 Å². The number of nitrogens with zero attached hydrogens (tertiary/aromatic N) is 1. The van der Waals surface area contributed by atoms with E-state index in [4.69, 9.17) is 4.74 Å². The second-order valence-electron chi connectivity index (χ2n) is 3.71. The molecule has 0 aromatic carbocycles. The molecule has 20 heavy (non-hydrogen) atoms. The second kappa shape index (κ2) is 6.55. The summed E-state index contributed by atoms with van der Waals surface area (Å²) >= 11 is 5.61. The number of thioether (sulfide) groups is 1. The van der Waals surface area contributed by atoms with Gasteiger partial charge in [0.2, 0.25) is 0 Å². The Morgan fingerprint density at radius 2 is 2.20 bits per heavy atom. The summed E-state index contributed by atoms with van der Waals surface area (Å²) in [5.41, 5.74) is 0. The summed E-state index contributed by atoms with van der Waals surface area (Å²) < 4.78 is 5.68. The van der Waals surface area contributed by atoms with Gasteiger partial charge in [-0.3, -0.25) is 19.3 Å². The zero-order valence-electron chi connectivity index (χ0n) is 10.4. The van der Waals surface area contributed by atoms with Crippen molar-refractivity contribution in [1.29, 1.82) is 0 Å². The predicted octanol–water partition coefficient (Wildman–Crippen LogP) is 3.11. The molecule has 0 N–H and O–H groups in total. The van der Waals surface area contributed by atoms with E-state index >= 15 is 0 Å². The van der Waals surface area contributed by atoms with E-state index < -0.39 is 17.1 Å². The van der Waals surface area contributed by atoms with Gasteiger partial charge in [0.15, 0.2) is 0 Å². The number of rotatable bonds is 4. The molecule has 2 amide bonds. The molecule has 1 aliphatic heterocycles. The summed E-state index contributed by atoms with van der Waals surface area (Å²) in [4.78, 5) is 37.2. The second-order valence-corrected chi connectivity index (χ2v) is 7.20. The maximum atomic E-state index is 12.1. The highest BCUT2D eigenvalue weighted by Crippen LogP contribution is 2.34. The number of carbonyl (C=O) groups excluding carboxylic acids is 3. The third kappa shape index (κ3) is 3.50. The van der Waals surface area contributed by atoms with Crippen LogP contribution in [0, 0.1) is 0 Å². The Kier molecular flexibility index (Phi) is 5.00.